The third-order valence-electron chi connectivity index (χ3n) is 5.24. The molecule has 1 aromatic heterocycles. The van der Waals surface area contributed by atoms with E-state index in [1.165, 1.54) is 7.11 Å². The molecule has 1 aromatic carbocycles. The van der Waals surface area contributed by atoms with Crippen LogP contribution in [0.3, 0.4) is 0 Å². The van der Waals surface area contributed by atoms with Crippen LogP contribution in [-0.2, 0) is 14.3 Å². The highest BCUT2D eigenvalue weighted by Crippen LogP contribution is 2.34. The number of carbonyl (C=O) groups excluding carboxylic acids is 1. The minimum absolute atomic E-state index is 0.0751. The van der Waals surface area contributed by atoms with Crippen molar-refractivity contribution in [2.75, 3.05) is 37.0 Å². The average Bonchev–Trinajstić information content (AvgIpc) is 2.74. The van der Waals surface area contributed by atoms with Gasteiger partial charge in [-0.05, 0) is 48.6 Å². The van der Waals surface area contributed by atoms with Gasteiger partial charge in [0.25, 0.3) is 0 Å². The predicted octanol–water partition coefficient (Wildman–Crippen LogP) is 2.75. The van der Waals surface area contributed by atoms with Crippen LogP contribution in [0.1, 0.15) is 24.3 Å². The van der Waals surface area contributed by atoms with E-state index in [1.807, 2.05) is 24.3 Å². The minimum Gasteiger partial charge on any atom is -0.481 e. The Hall–Kier alpha value is -3.09. The van der Waals surface area contributed by atoms with Crippen molar-refractivity contribution in [2.45, 2.75) is 18.8 Å². The predicted molar refractivity (Wildman–Crippen MR) is 106 cm³/mol. The lowest BCUT2D eigenvalue weighted by atomic mass is 9.80. The summed E-state index contributed by atoms with van der Waals surface area (Å²) in [5, 5.41) is 12.8. The number of esters is 1. The van der Waals surface area contributed by atoms with E-state index in [1.54, 1.807) is 24.5 Å². The van der Waals surface area contributed by atoms with E-state index in [2.05, 4.69) is 19.9 Å². The van der Waals surface area contributed by atoms with Gasteiger partial charge >= 0.3 is 11.9 Å². The van der Waals surface area contributed by atoms with Crippen LogP contribution in [0.2, 0.25) is 0 Å². The van der Waals surface area contributed by atoms with Crippen molar-refractivity contribution < 1.29 is 19.4 Å². The maximum Gasteiger partial charge on any atom is 0.325 e. The first kappa shape index (κ1) is 19.7. The number of carbonyl (C=O) groups is 2. The Balaban J connectivity index is 1.64. The highest BCUT2D eigenvalue weighted by atomic mass is 16.5. The largest absolute Gasteiger partial charge is 0.481 e. The van der Waals surface area contributed by atoms with Gasteiger partial charge in [0.15, 0.2) is 0 Å². The summed E-state index contributed by atoms with van der Waals surface area (Å²) in [5.74, 6) is -1.59. The van der Waals surface area contributed by atoms with Crippen LogP contribution in [0.15, 0.2) is 48.8 Å². The van der Waals surface area contributed by atoms with Gasteiger partial charge in [0.05, 0.1) is 13.0 Å². The summed E-state index contributed by atoms with van der Waals surface area (Å²) in [7, 11) is 1.34. The molecule has 7 heteroatoms. The Morgan fingerprint density at radius 3 is 2.39 bits per heavy atom. The fourth-order valence-electron chi connectivity index (χ4n) is 3.72. The number of carboxylic acid groups (broad SMARTS) is 1. The highest BCUT2D eigenvalue weighted by molar-refractivity contribution is 5.77. The number of aliphatic carboxylic acids is 1. The fraction of sp³-hybridized carbons (Fsp3) is 0.381. The summed E-state index contributed by atoms with van der Waals surface area (Å²) < 4.78 is 4.60. The van der Waals surface area contributed by atoms with Gasteiger partial charge in [-0.2, -0.15) is 0 Å². The number of anilines is 2. The molecule has 2 heterocycles. The number of nitrogens with zero attached hydrogens (tertiary/aromatic N) is 2. The zero-order valence-electron chi connectivity index (χ0n) is 15.9. The number of nitrogens with one attached hydrogen (secondary N) is 1. The summed E-state index contributed by atoms with van der Waals surface area (Å²) in [6, 6.07) is 11.2. The normalized spacial score (nSPS) is 15.7. The molecule has 7 nitrogen and oxygen atoms in total. The second-order valence-corrected chi connectivity index (χ2v) is 6.90. The highest BCUT2D eigenvalue weighted by Gasteiger charge is 2.32. The van der Waals surface area contributed by atoms with Crippen LogP contribution in [0, 0.1) is 5.92 Å². The number of benzene rings is 1. The van der Waals surface area contributed by atoms with Crippen molar-refractivity contribution in [2.24, 2.45) is 5.92 Å². The molecule has 0 radical (unpaired) electrons. The van der Waals surface area contributed by atoms with Crippen LogP contribution >= 0.6 is 0 Å². The molecule has 1 atom stereocenters. The third-order valence-corrected chi connectivity index (χ3v) is 5.24. The van der Waals surface area contributed by atoms with E-state index in [0.717, 1.165) is 42.9 Å². The zero-order chi connectivity index (χ0) is 19.9. The first-order valence-electron chi connectivity index (χ1n) is 9.37. The van der Waals surface area contributed by atoms with Crippen molar-refractivity contribution in [3.63, 3.8) is 0 Å². The van der Waals surface area contributed by atoms with E-state index >= 15 is 0 Å². The van der Waals surface area contributed by atoms with E-state index in [-0.39, 0.29) is 18.4 Å². The standard InChI is InChI=1S/C21H25N3O4/c1-28-19(25)14-23-17-4-2-15(3-5-17)20(21(26)27)16-8-12-24(13-9-16)18-6-10-22-11-7-18/h2-7,10-11,16,20,23H,8-9,12-14H2,1H3,(H,26,27). The molecular weight excluding hydrogens is 358 g/mol. The maximum atomic E-state index is 12.0. The Morgan fingerprint density at radius 1 is 1.18 bits per heavy atom. The SMILES string of the molecule is COC(=O)CNc1ccc(C(C(=O)O)C2CCN(c3ccncc3)CC2)cc1. The molecule has 2 N–H and O–H groups in total. The summed E-state index contributed by atoms with van der Waals surface area (Å²) in [4.78, 5) is 29.5. The zero-order valence-corrected chi connectivity index (χ0v) is 15.9. The molecule has 28 heavy (non-hydrogen) atoms. The molecule has 2 aromatic rings. The number of ether oxygens (including phenoxy) is 1. The summed E-state index contributed by atoms with van der Waals surface area (Å²) in [6.07, 6.45) is 5.19. The van der Waals surface area contributed by atoms with Gasteiger partial charge in [0.1, 0.15) is 6.54 Å². The lowest BCUT2D eigenvalue weighted by Gasteiger charge is -2.36. The van der Waals surface area contributed by atoms with Gasteiger partial charge in [0, 0.05) is 36.9 Å². The van der Waals surface area contributed by atoms with E-state index in [4.69, 9.17) is 0 Å². The molecule has 0 saturated carbocycles. The minimum atomic E-state index is -0.794. The van der Waals surface area contributed by atoms with Crippen LogP contribution in [0.5, 0.6) is 0 Å². The molecule has 1 aliphatic heterocycles. The summed E-state index contributed by atoms with van der Waals surface area (Å²) >= 11 is 0. The number of aromatic nitrogens is 1. The lowest BCUT2D eigenvalue weighted by Crippen LogP contribution is -2.37. The van der Waals surface area contributed by atoms with Crippen molar-refractivity contribution >= 4 is 23.3 Å². The van der Waals surface area contributed by atoms with Crippen LogP contribution in [0.4, 0.5) is 11.4 Å². The van der Waals surface area contributed by atoms with Gasteiger partial charge in [-0.3, -0.25) is 14.6 Å². The molecule has 1 aliphatic rings. The Morgan fingerprint density at radius 2 is 1.82 bits per heavy atom. The molecule has 0 bridgehead atoms. The van der Waals surface area contributed by atoms with E-state index < -0.39 is 11.9 Å². The first-order valence-corrected chi connectivity index (χ1v) is 9.37. The molecule has 3 rings (SSSR count). The van der Waals surface area contributed by atoms with Gasteiger partial charge in [-0.25, -0.2) is 0 Å². The lowest BCUT2D eigenvalue weighted by molar-refractivity contribution is -0.140. The van der Waals surface area contributed by atoms with Crippen molar-refractivity contribution in [3.05, 3.63) is 54.4 Å². The van der Waals surface area contributed by atoms with Crippen molar-refractivity contribution in [1.82, 2.24) is 4.98 Å². The van der Waals surface area contributed by atoms with E-state index in [9.17, 15) is 14.7 Å². The molecule has 0 amide bonds. The molecule has 0 spiro atoms. The Bertz CT molecular complexity index is 787. The number of methoxy groups -OCH3 is 1. The summed E-state index contributed by atoms with van der Waals surface area (Å²) in [5.41, 5.74) is 2.67. The van der Waals surface area contributed by atoms with Crippen LogP contribution < -0.4 is 10.2 Å². The van der Waals surface area contributed by atoms with Gasteiger partial charge in [-0.1, -0.05) is 12.1 Å². The first-order chi connectivity index (χ1) is 13.6. The van der Waals surface area contributed by atoms with Crippen molar-refractivity contribution in [1.29, 1.82) is 0 Å². The molecule has 148 valence electrons. The van der Waals surface area contributed by atoms with Gasteiger partial charge < -0.3 is 20.1 Å². The molecule has 1 unspecified atom stereocenters. The second kappa shape index (κ2) is 9.21. The topological polar surface area (TPSA) is 91.8 Å². The fourth-order valence-corrected chi connectivity index (χ4v) is 3.72. The molecule has 0 aliphatic carbocycles. The number of hydrogen-bond acceptors (Lipinski definition) is 6. The Kier molecular flexibility index (Phi) is 6.47. The number of piperidine rings is 1. The monoisotopic (exact) mass is 383 g/mol. The van der Waals surface area contributed by atoms with Gasteiger partial charge in [0.2, 0.25) is 0 Å². The smallest absolute Gasteiger partial charge is 0.325 e. The summed E-state index contributed by atoms with van der Waals surface area (Å²) in [6.45, 7) is 1.74. The molecular formula is C21H25N3O4. The Labute approximate surface area is 164 Å². The van der Waals surface area contributed by atoms with Gasteiger partial charge in [-0.15, -0.1) is 0 Å². The quantitative estimate of drug-likeness (QED) is 0.710. The van der Waals surface area contributed by atoms with Crippen LogP contribution in [0.25, 0.3) is 0 Å². The number of carboxylic acids is 1. The second-order valence-electron chi connectivity index (χ2n) is 6.90. The van der Waals surface area contributed by atoms with Crippen LogP contribution in [-0.4, -0.2) is 48.8 Å². The third kappa shape index (κ3) is 4.79. The average molecular weight is 383 g/mol. The number of rotatable bonds is 7. The number of hydrogen-bond donors (Lipinski definition) is 2. The maximum absolute atomic E-state index is 12.0. The number of pyridine rings is 1. The van der Waals surface area contributed by atoms with Crippen molar-refractivity contribution in [3.8, 4) is 0 Å². The molecule has 1 fully saturated rings. The molecule has 1 saturated heterocycles. The van der Waals surface area contributed by atoms with E-state index in [0.29, 0.717) is 0 Å².